The summed E-state index contributed by atoms with van der Waals surface area (Å²) in [7, 11) is 0. The van der Waals surface area contributed by atoms with E-state index in [0.717, 1.165) is 36.8 Å². The van der Waals surface area contributed by atoms with Gasteiger partial charge in [-0.25, -0.2) is 0 Å². The van der Waals surface area contributed by atoms with E-state index < -0.39 is 0 Å². The number of aromatic nitrogens is 1. The van der Waals surface area contributed by atoms with E-state index in [1.165, 1.54) is 28.2 Å². The normalized spacial score (nSPS) is 15.5. The zero-order valence-electron chi connectivity index (χ0n) is 17.3. The lowest BCUT2D eigenvalue weighted by Crippen LogP contribution is -2.41. The minimum Gasteiger partial charge on any atom is -0.461 e. The van der Waals surface area contributed by atoms with E-state index in [0.29, 0.717) is 9.20 Å². The fraction of sp³-hybridized carbons (Fsp3) is 0.292. The predicted octanol–water partition coefficient (Wildman–Crippen LogP) is 2.36. The van der Waals surface area contributed by atoms with Crippen LogP contribution >= 0.6 is 11.3 Å². The summed E-state index contributed by atoms with van der Waals surface area (Å²) >= 11 is 1.19. The average molecular weight is 437 g/mol. The number of ketones is 1. The maximum Gasteiger partial charge on any atom is 0.269 e. The van der Waals surface area contributed by atoms with E-state index in [-0.39, 0.29) is 35.6 Å². The first kappa shape index (κ1) is 21.1. The molecule has 2 aromatic heterocycles. The van der Waals surface area contributed by atoms with Gasteiger partial charge in [-0.3, -0.25) is 19.0 Å². The molecule has 31 heavy (non-hydrogen) atoms. The van der Waals surface area contributed by atoms with Gasteiger partial charge in [0.15, 0.2) is 5.76 Å². The summed E-state index contributed by atoms with van der Waals surface area (Å²) < 4.78 is 7.43. The van der Waals surface area contributed by atoms with Crippen LogP contribution in [0.2, 0.25) is 0 Å². The second-order valence-electron chi connectivity index (χ2n) is 7.79. The van der Waals surface area contributed by atoms with Crippen molar-refractivity contribution < 1.29 is 14.0 Å². The Morgan fingerprint density at radius 2 is 1.94 bits per heavy atom. The third kappa shape index (κ3) is 5.11. The van der Waals surface area contributed by atoms with Crippen LogP contribution < -0.4 is 20.1 Å². The second kappa shape index (κ2) is 9.31. The summed E-state index contributed by atoms with van der Waals surface area (Å²) in [5.41, 5.74) is 1.73. The number of benzene rings is 1. The minimum atomic E-state index is -0.349. The Labute approximate surface area is 183 Å². The van der Waals surface area contributed by atoms with Gasteiger partial charge in [0.2, 0.25) is 11.7 Å². The fourth-order valence-electron chi connectivity index (χ4n) is 3.70. The highest BCUT2D eigenvalue weighted by atomic mass is 32.1. The molecule has 4 rings (SSSR count). The molecule has 160 valence electrons. The summed E-state index contributed by atoms with van der Waals surface area (Å²) in [6.07, 6.45) is 8.71. The monoisotopic (exact) mass is 436 g/mol. The SMILES string of the molecule is Cc1ccc(/C=c2/s/c(=C/C(=O)c3ccco3)n(CC(=O)NC3CCCC3)c2=O)cc1. The Balaban J connectivity index is 1.72. The quantitative estimate of drug-likeness (QED) is 0.602. The van der Waals surface area contributed by atoms with Crippen LogP contribution in [0.3, 0.4) is 0 Å². The molecule has 0 radical (unpaired) electrons. The Morgan fingerprint density at radius 3 is 2.61 bits per heavy atom. The first-order valence-electron chi connectivity index (χ1n) is 10.4. The van der Waals surface area contributed by atoms with Crippen molar-refractivity contribution in [3.63, 3.8) is 0 Å². The molecule has 2 heterocycles. The molecule has 3 aromatic rings. The van der Waals surface area contributed by atoms with Gasteiger partial charge in [-0.05, 0) is 43.5 Å². The maximum absolute atomic E-state index is 13.1. The predicted molar refractivity (Wildman–Crippen MR) is 120 cm³/mol. The van der Waals surface area contributed by atoms with Crippen LogP contribution in [0.5, 0.6) is 0 Å². The number of nitrogens with one attached hydrogen (secondary N) is 1. The first-order chi connectivity index (χ1) is 15.0. The van der Waals surface area contributed by atoms with Crippen LogP contribution in [0.1, 0.15) is 47.4 Å². The van der Waals surface area contributed by atoms with Crippen LogP contribution in [0.15, 0.2) is 51.9 Å². The van der Waals surface area contributed by atoms with Gasteiger partial charge >= 0.3 is 0 Å². The van der Waals surface area contributed by atoms with Crippen LogP contribution in [-0.4, -0.2) is 22.3 Å². The van der Waals surface area contributed by atoms with Crippen LogP contribution in [0.4, 0.5) is 0 Å². The number of carbonyl (C=O) groups excluding carboxylic acids is 2. The lowest BCUT2D eigenvalue weighted by molar-refractivity contribution is -0.122. The number of thiazole rings is 1. The van der Waals surface area contributed by atoms with Crippen molar-refractivity contribution in [2.45, 2.75) is 45.2 Å². The Bertz CT molecular complexity index is 1240. The van der Waals surface area contributed by atoms with Gasteiger partial charge in [-0.15, -0.1) is 11.3 Å². The molecule has 0 saturated heterocycles. The van der Waals surface area contributed by atoms with Gasteiger partial charge in [0.05, 0.1) is 10.8 Å². The minimum absolute atomic E-state index is 0.120. The molecule has 0 bridgehead atoms. The number of hydrogen-bond acceptors (Lipinski definition) is 5. The number of rotatable bonds is 6. The molecule has 1 aliphatic rings. The van der Waals surface area contributed by atoms with Crippen molar-refractivity contribution in [3.8, 4) is 0 Å². The molecule has 0 spiro atoms. The summed E-state index contributed by atoms with van der Waals surface area (Å²) in [6, 6.07) is 11.2. The van der Waals surface area contributed by atoms with E-state index in [9.17, 15) is 14.4 Å². The molecule has 1 N–H and O–H groups in total. The van der Waals surface area contributed by atoms with E-state index in [1.807, 2.05) is 31.2 Å². The molecule has 7 heteroatoms. The number of aryl methyl sites for hydroxylation is 1. The van der Waals surface area contributed by atoms with Crippen molar-refractivity contribution in [1.29, 1.82) is 0 Å². The van der Waals surface area contributed by atoms with Crippen molar-refractivity contribution in [3.05, 3.63) is 79.1 Å². The summed E-state index contributed by atoms with van der Waals surface area (Å²) in [5, 5.41) is 3.01. The molecule has 1 aromatic carbocycles. The molecule has 1 saturated carbocycles. The molecule has 1 amide bonds. The topological polar surface area (TPSA) is 81.3 Å². The van der Waals surface area contributed by atoms with E-state index >= 15 is 0 Å². The van der Waals surface area contributed by atoms with Crippen LogP contribution in [-0.2, 0) is 11.3 Å². The Kier molecular flexibility index (Phi) is 6.32. The Morgan fingerprint density at radius 1 is 1.19 bits per heavy atom. The smallest absolute Gasteiger partial charge is 0.269 e. The highest BCUT2D eigenvalue weighted by molar-refractivity contribution is 7.07. The maximum atomic E-state index is 13.1. The number of carbonyl (C=O) groups is 2. The van der Waals surface area contributed by atoms with Crippen LogP contribution in [0, 0.1) is 6.92 Å². The molecular weight excluding hydrogens is 412 g/mol. The van der Waals surface area contributed by atoms with Crippen LogP contribution in [0.25, 0.3) is 12.2 Å². The summed E-state index contributed by atoms with van der Waals surface area (Å²) in [5.74, 6) is -0.376. The molecular formula is C24H24N2O4S. The standard InChI is InChI=1S/C24H24N2O4S/c1-16-8-10-17(11-9-16)13-21-24(29)26(15-22(28)25-18-5-2-3-6-18)23(31-21)14-19(27)20-7-4-12-30-20/h4,7-14,18H,2-3,5-6,15H2,1H3,(H,25,28)/b21-13+,23-14+. The lowest BCUT2D eigenvalue weighted by Gasteiger charge is -2.11. The average Bonchev–Trinajstić information content (AvgIpc) is 3.50. The highest BCUT2D eigenvalue weighted by Gasteiger charge is 2.18. The Hall–Kier alpha value is -3.19. The number of amides is 1. The largest absolute Gasteiger partial charge is 0.461 e. The third-order valence-electron chi connectivity index (χ3n) is 5.35. The van der Waals surface area contributed by atoms with Gasteiger partial charge < -0.3 is 9.73 Å². The number of nitrogens with zero attached hydrogens (tertiary/aromatic N) is 1. The third-order valence-corrected chi connectivity index (χ3v) is 6.41. The molecule has 0 atom stereocenters. The van der Waals surface area contributed by atoms with E-state index in [2.05, 4.69) is 5.32 Å². The zero-order chi connectivity index (χ0) is 21.8. The van der Waals surface area contributed by atoms with Gasteiger partial charge in [0.25, 0.3) is 5.56 Å². The van der Waals surface area contributed by atoms with E-state index in [1.54, 1.807) is 18.2 Å². The molecule has 1 fully saturated rings. The number of Topliss-reactive ketones (excluding diaryl/α,β-unsaturated/α-hetero) is 1. The summed E-state index contributed by atoms with van der Waals surface area (Å²) in [4.78, 5) is 38.2. The van der Waals surface area contributed by atoms with Crippen molar-refractivity contribution >= 4 is 35.2 Å². The number of furan rings is 1. The zero-order valence-corrected chi connectivity index (χ0v) is 18.1. The molecule has 6 nitrogen and oxygen atoms in total. The second-order valence-corrected chi connectivity index (χ2v) is 8.85. The first-order valence-corrected chi connectivity index (χ1v) is 11.2. The number of hydrogen-bond donors (Lipinski definition) is 1. The highest BCUT2D eigenvalue weighted by Crippen LogP contribution is 2.17. The van der Waals surface area contributed by atoms with Crippen molar-refractivity contribution in [2.24, 2.45) is 0 Å². The van der Waals surface area contributed by atoms with Crippen molar-refractivity contribution in [2.75, 3.05) is 0 Å². The van der Waals surface area contributed by atoms with Crippen molar-refractivity contribution in [1.82, 2.24) is 9.88 Å². The summed E-state index contributed by atoms with van der Waals surface area (Å²) in [6.45, 7) is 1.88. The molecule has 0 unspecified atom stereocenters. The van der Waals surface area contributed by atoms with Gasteiger partial charge in [0, 0.05) is 12.1 Å². The molecule has 1 aliphatic carbocycles. The van der Waals surface area contributed by atoms with Gasteiger partial charge in [-0.2, -0.15) is 0 Å². The molecule has 0 aliphatic heterocycles. The lowest BCUT2D eigenvalue weighted by atomic mass is 10.1. The van der Waals surface area contributed by atoms with Gasteiger partial charge in [0.1, 0.15) is 11.2 Å². The van der Waals surface area contributed by atoms with Gasteiger partial charge in [-0.1, -0.05) is 42.7 Å². The fourth-order valence-corrected chi connectivity index (χ4v) is 4.74. The van der Waals surface area contributed by atoms with E-state index in [4.69, 9.17) is 4.42 Å².